The molecular formula is C20H27N3O3. The molecule has 140 valence electrons. The van der Waals surface area contributed by atoms with E-state index >= 15 is 0 Å². The highest BCUT2D eigenvalue weighted by Gasteiger charge is 2.20. The van der Waals surface area contributed by atoms with E-state index in [-0.39, 0.29) is 5.41 Å². The number of nitrogens with zero attached hydrogens (tertiary/aromatic N) is 1. The van der Waals surface area contributed by atoms with Crippen molar-refractivity contribution in [2.24, 2.45) is 10.7 Å². The lowest BCUT2D eigenvalue weighted by Crippen LogP contribution is -2.28. The Balaban J connectivity index is 2.11. The summed E-state index contributed by atoms with van der Waals surface area (Å²) in [5.74, 6) is 2.52. The Morgan fingerprint density at radius 1 is 0.962 bits per heavy atom. The van der Waals surface area contributed by atoms with Gasteiger partial charge in [-0.3, -0.25) is 4.99 Å². The van der Waals surface area contributed by atoms with E-state index in [0.717, 1.165) is 11.3 Å². The molecule has 0 saturated heterocycles. The molecule has 0 atom stereocenters. The van der Waals surface area contributed by atoms with Crippen molar-refractivity contribution in [3.8, 4) is 17.2 Å². The number of aliphatic imine (C=N–C) groups is 1. The van der Waals surface area contributed by atoms with Gasteiger partial charge in [0, 0.05) is 11.5 Å². The van der Waals surface area contributed by atoms with Gasteiger partial charge in [0.1, 0.15) is 17.2 Å². The van der Waals surface area contributed by atoms with Crippen molar-refractivity contribution in [1.82, 2.24) is 0 Å². The van der Waals surface area contributed by atoms with Crippen molar-refractivity contribution in [1.29, 1.82) is 0 Å². The zero-order valence-corrected chi connectivity index (χ0v) is 16.0. The summed E-state index contributed by atoms with van der Waals surface area (Å²) in [6.45, 7) is 4.78. The molecule has 2 aromatic carbocycles. The van der Waals surface area contributed by atoms with Crippen LogP contribution in [0.5, 0.6) is 17.2 Å². The molecule has 0 heterocycles. The number of nitrogens with one attached hydrogen (secondary N) is 1. The van der Waals surface area contributed by atoms with Crippen molar-refractivity contribution in [2.45, 2.75) is 19.3 Å². The van der Waals surface area contributed by atoms with Crippen LogP contribution >= 0.6 is 0 Å². The van der Waals surface area contributed by atoms with Crippen molar-refractivity contribution < 1.29 is 14.2 Å². The van der Waals surface area contributed by atoms with Gasteiger partial charge in [0.05, 0.1) is 33.6 Å². The quantitative estimate of drug-likeness (QED) is 0.586. The predicted octanol–water partition coefficient (Wildman–Crippen LogP) is 3.42. The third kappa shape index (κ3) is 4.81. The van der Waals surface area contributed by atoms with Crippen LogP contribution < -0.4 is 25.3 Å². The fourth-order valence-electron chi connectivity index (χ4n) is 2.51. The predicted molar refractivity (Wildman–Crippen MR) is 106 cm³/mol. The van der Waals surface area contributed by atoms with Gasteiger partial charge in [-0.05, 0) is 29.8 Å². The van der Waals surface area contributed by atoms with E-state index in [2.05, 4.69) is 24.2 Å². The van der Waals surface area contributed by atoms with Crippen LogP contribution in [0.15, 0.2) is 47.5 Å². The van der Waals surface area contributed by atoms with Crippen molar-refractivity contribution >= 4 is 11.6 Å². The van der Waals surface area contributed by atoms with Crippen LogP contribution in [0.1, 0.15) is 19.4 Å². The lowest BCUT2D eigenvalue weighted by molar-refractivity contribution is 0.405. The van der Waals surface area contributed by atoms with E-state index in [4.69, 9.17) is 19.9 Å². The van der Waals surface area contributed by atoms with Gasteiger partial charge in [-0.2, -0.15) is 0 Å². The average molecular weight is 357 g/mol. The van der Waals surface area contributed by atoms with Crippen LogP contribution in [-0.4, -0.2) is 33.8 Å². The molecule has 0 aliphatic rings. The van der Waals surface area contributed by atoms with Crippen LogP contribution in [0.2, 0.25) is 0 Å². The van der Waals surface area contributed by atoms with Crippen molar-refractivity contribution in [3.63, 3.8) is 0 Å². The number of anilines is 1. The summed E-state index contributed by atoms with van der Waals surface area (Å²) in [5.41, 5.74) is 7.77. The van der Waals surface area contributed by atoms with E-state index in [1.165, 1.54) is 0 Å². The number of nitrogens with two attached hydrogens (primary N) is 1. The van der Waals surface area contributed by atoms with E-state index in [1.807, 2.05) is 42.5 Å². The normalized spacial score (nSPS) is 11.8. The van der Waals surface area contributed by atoms with Gasteiger partial charge in [-0.15, -0.1) is 0 Å². The van der Waals surface area contributed by atoms with Gasteiger partial charge in [-0.1, -0.05) is 26.0 Å². The molecule has 0 aromatic heterocycles. The molecule has 6 nitrogen and oxygen atoms in total. The Hall–Kier alpha value is -2.89. The fraction of sp³-hybridized carbons (Fsp3) is 0.350. The number of rotatable bonds is 7. The highest BCUT2D eigenvalue weighted by atomic mass is 16.5. The minimum atomic E-state index is -0.170. The number of methoxy groups -OCH3 is 3. The van der Waals surface area contributed by atoms with E-state index in [9.17, 15) is 0 Å². The molecule has 0 aliphatic heterocycles. The van der Waals surface area contributed by atoms with Crippen LogP contribution in [0.4, 0.5) is 5.69 Å². The second kappa shape index (κ2) is 8.47. The van der Waals surface area contributed by atoms with Crippen molar-refractivity contribution in [2.75, 3.05) is 33.2 Å². The Morgan fingerprint density at radius 2 is 1.58 bits per heavy atom. The van der Waals surface area contributed by atoms with E-state index in [0.29, 0.717) is 29.7 Å². The minimum Gasteiger partial charge on any atom is -0.497 e. The third-order valence-corrected chi connectivity index (χ3v) is 4.19. The molecule has 0 aliphatic carbocycles. The zero-order chi connectivity index (χ0) is 19.2. The van der Waals surface area contributed by atoms with Crippen molar-refractivity contribution in [3.05, 3.63) is 48.0 Å². The average Bonchev–Trinajstić information content (AvgIpc) is 2.66. The lowest BCUT2D eigenvalue weighted by atomic mass is 9.85. The molecule has 0 fully saturated rings. The smallest absolute Gasteiger partial charge is 0.193 e. The number of hydrogen-bond donors (Lipinski definition) is 2. The molecule has 2 aromatic rings. The first-order chi connectivity index (χ1) is 12.4. The highest BCUT2D eigenvalue weighted by Crippen LogP contribution is 2.29. The Kier molecular flexibility index (Phi) is 6.33. The molecule has 0 unspecified atom stereocenters. The SMILES string of the molecule is COc1ccc(C(C)(C)CN=C(N)Nc2cc(OC)ccc2OC)cc1. The molecular weight excluding hydrogens is 330 g/mol. The molecule has 0 bridgehead atoms. The molecule has 0 spiro atoms. The van der Waals surface area contributed by atoms with Crippen LogP contribution in [0.25, 0.3) is 0 Å². The maximum atomic E-state index is 6.07. The van der Waals surface area contributed by atoms with E-state index < -0.39 is 0 Å². The van der Waals surface area contributed by atoms with Crippen LogP contribution in [0.3, 0.4) is 0 Å². The molecule has 0 saturated carbocycles. The Bertz CT molecular complexity index is 755. The molecule has 6 heteroatoms. The van der Waals surface area contributed by atoms with Gasteiger partial charge in [-0.25, -0.2) is 0 Å². The first-order valence-electron chi connectivity index (χ1n) is 8.33. The fourth-order valence-corrected chi connectivity index (χ4v) is 2.51. The zero-order valence-electron chi connectivity index (χ0n) is 16.0. The number of ether oxygens (including phenoxy) is 3. The van der Waals surface area contributed by atoms with Gasteiger partial charge < -0.3 is 25.3 Å². The summed E-state index contributed by atoms with van der Waals surface area (Å²) in [5, 5.41) is 3.08. The summed E-state index contributed by atoms with van der Waals surface area (Å²) in [7, 11) is 4.87. The Labute approximate surface area is 155 Å². The molecule has 26 heavy (non-hydrogen) atoms. The van der Waals surface area contributed by atoms with Crippen LogP contribution in [0, 0.1) is 0 Å². The first kappa shape index (κ1) is 19.4. The van der Waals surface area contributed by atoms with Crippen LogP contribution in [-0.2, 0) is 5.41 Å². The van der Waals surface area contributed by atoms with E-state index in [1.54, 1.807) is 21.3 Å². The van der Waals surface area contributed by atoms with Gasteiger partial charge >= 0.3 is 0 Å². The van der Waals surface area contributed by atoms with Gasteiger partial charge in [0.25, 0.3) is 0 Å². The number of benzene rings is 2. The Morgan fingerprint density at radius 3 is 2.15 bits per heavy atom. The summed E-state index contributed by atoms with van der Waals surface area (Å²) < 4.78 is 15.8. The third-order valence-electron chi connectivity index (χ3n) is 4.19. The lowest BCUT2D eigenvalue weighted by Gasteiger charge is -2.23. The maximum absolute atomic E-state index is 6.07. The minimum absolute atomic E-state index is 0.170. The number of guanidine groups is 1. The summed E-state index contributed by atoms with van der Waals surface area (Å²) in [6.07, 6.45) is 0. The maximum Gasteiger partial charge on any atom is 0.193 e. The largest absolute Gasteiger partial charge is 0.497 e. The second-order valence-electron chi connectivity index (χ2n) is 6.51. The second-order valence-corrected chi connectivity index (χ2v) is 6.51. The topological polar surface area (TPSA) is 78.1 Å². The standard InChI is InChI=1S/C20H27N3O3/c1-20(2,14-6-8-15(24-3)9-7-14)13-22-19(21)23-17-12-16(25-4)10-11-18(17)26-5/h6-12H,13H2,1-5H3,(H3,21,22,23). The molecule has 0 amide bonds. The summed E-state index contributed by atoms with van der Waals surface area (Å²) >= 11 is 0. The number of hydrogen-bond acceptors (Lipinski definition) is 4. The molecule has 2 rings (SSSR count). The van der Waals surface area contributed by atoms with Gasteiger partial charge in [0.2, 0.25) is 0 Å². The van der Waals surface area contributed by atoms with Gasteiger partial charge in [0.15, 0.2) is 5.96 Å². The molecule has 0 radical (unpaired) electrons. The summed E-state index contributed by atoms with van der Waals surface area (Å²) in [4.78, 5) is 4.50. The summed E-state index contributed by atoms with van der Waals surface area (Å²) in [6, 6.07) is 13.4. The first-order valence-corrected chi connectivity index (χ1v) is 8.33. The molecule has 3 N–H and O–H groups in total. The highest BCUT2D eigenvalue weighted by molar-refractivity contribution is 5.94. The monoisotopic (exact) mass is 357 g/mol.